The van der Waals surface area contributed by atoms with Crippen LogP contribution in [0.3, 0.4) is 0 Å². The molecule has 1 heterocycles. The second-order valence-electron chi connectivity index (χ2n) is 9.21. The Morgan fingerprint density at radius 2 is 1.91 bits per heavy atom. The molecular weight excluding hydrogens is 422 g/mol. The number of aryl methyl sites for hydroxylation is 1. The summed E-state index contributed by atoms with van der Waals surface area (Å²) in [5.74, 6) is 1.33. The molecule has 1 aliphatic carbocycles. The van der Waals surface area contributed by atoms with E-state index in [0.29, 0.717) is 12.5 Å². The van der Waals surface area contributed by atoms with Crippen molar-refractivity contribution in [1.82, 2.24) is 4.90 Å². The lowest BCUT2D eigenvalue weighted by Crippen LogP contribution is -2.51. The maximum Gasteiger partial charge on any atom is 0.311 e. The molecule has 0 N–H and O–H groups in total. The van der Waals surface area contributed by atoms with Crippen LogP contribution in [0, 0.1) is 11.8 Å². The predicted octanol–water partition coefficient (Wildman–Crippen LogP) is 5.42. The van der Waals surface area contributed by atoms with Crippen LogP contribution in [0.1, 0.15) is 37.0 Å². The molecule has 0 amide bonds. The van der Waals surface area contributed by atoms with Crippen molar-refractivity contribution in [3.8, 4) is 5.75 Å². The Bertz CT molecular complexity index is 992. The highest BCUT2D eigenvalue weighted by molar-refractivity contribution is 6.30. The van der Waals surface area contributed by atoms with Gasteiger partial charge in [0.15, 0.2) is 0 Å². The fraction of sp³-hybridized carbons (Fsp3) is 0.444. The number of rotatable bonds is 8. The van der Waals surface area contributed by atoms with Gasteiger partial charge in [-0.1, -0.05) is 42.3 Å². The molecule has 0 unspecified atom stereocenters. The number of hydrogen-bond donors (Lipinski definition) is 0. The van der Waals surface area contributed by atoms with Gasteiger partial charge in [0.05, 0.1) is 19.6 Å². The average Bonchev–Trinajstić information content (AvgIpc) is 2.77. The lowest BCUT2D eigenvalue weighted by atomic mass is 9.85. The van der Waals surface area contributed by atoms with Gasteiger partial charge in [0.25, 0.3) is 0 Å². The highest BCUT2D eigenvalue weighted by atomic mass is 35.5. The number of allylic oxidation sites excluding steroid dienone is 1. The molecule has 0 aromatic heterocycles. The number of halogens is 1. The fourth-order valence-corrected chi connectivity index (χ4v) is 4.82. The van der Waals surface area contributed by atoms with Crippen LogP contribution < -0.4 is 4.74 Å². The van der Waals surface area contributed by atoms with Crippen molar-refractivity contribution in [2.24, 2.45) is 11.8 Å². The van der Waals surface area contributed by atoms with Crippen LogP contribution in [-0.4, -0.2) is 44.2 Å². The normalized spacial score (nSPS) is 17.5. The minimum absolute atomic E-state index is 0.0403. The summed E-state index contributed by atoms with van der Waals surface area (Å²) in [6, 6.07) is 14.6. The summed E-state index contributed by atoms with van der Waals surface area (Å²) >= 11 is 5.98. The Morgan fingerprint density at radius 1 is 1.16 bits per heavy atom. The first-order valence-corrected chi connectivity index (χ1v) is 11.8. The molecule has 0 bridgehead atoms. The number of hydrogen-bond acceptors (Lipinski definition) is 4. The lowest BCUT2D eigenvalue weighted by Gasteiger charge is -2.39. The highest BCUT2D eigenvalue weighted by Gasteiger charge is 2.34. The maximum atomic E-state index is 11.6. The predicted molar refractivity (Wildman–Crippen MR) is 129 cm³/mol. The number of nitrogens with zero attached hydrogens (tertiary/aromatic N) is 1. The number of fused-ring (bicyclic) bond motifs is 1. The number of carbonyl (C=O) groups is 1. The third-order valence-electron chi connectivity index (χ3n) is 6.65. The third-order valence-corrected chi connectivity index (χ3v) is 6.90. The van der Waals surface area contributed by atoms with Crippen molar-refractivity contribution in [1.29, 1.82) is 0 Å². The summed E-state index contributed by atoms with van der Waals surface area (Å²) in [5, 5.41) is 0.773. The topological polar surface area (TPSA) is 38.8 Å². The van der Waals surface area contributed by atoms with Gasteiger partial charge in [-0.3, -0.25) is 9.69 Å². The number of esters is 1. The van der Waals surface area contributed by atoms with E-state index in [1.54, 1.807) is 0 Å². The van der Waals surface area contributed by atoms with E-state index < -0.39 is 0 Å². The van der Waals surface area contributed by atoms with Gasteiger partial charge in [-0.25, -0.2) is 0 Å². The second-order valence-corrected chi connectivity index (χ2v) is 9.64. The van der Waals surface area contributed by atoms with E-state index in [1.165, 1.54) is 34.9 Å². The third kappa shape index (κ3) is 5.36. The molecule has 1 saturated heterocycles. The zero-order valence-electron chi connectivity index (χ0n) is 19.2. The molecule has 1 aliphatic heterocycles. The number of benzene rings is 2. The van der Waals surface area contributed by atoms with Gasteiger partial charge in [-0.15, -0.1) is 0 Å². The first-order chi connectivity index (χ1) is 15.4. The Balaban J connectivity index is 1.32. The van der Waals surface area contributed by atoms with Crippen LogP contribution in [0.4, 0.5) is 0 Å². The summed E-state index contributed by atoms with van der Waals surface area (Å²) in [7, 11) is 1.47. The molecule has 4 rings (SSSR count). The molecule has 32 heavy (non-hydrogen) atoms. The average molecular weight is 454 g/mol. The quantitative estimate of drug-likeness (QED) is 0.500. The summed E-state index contributed by atoms with van der Waals surface area (Å²) < 4.78 is 11.0. The molecule has 0 saturated carbocycles. The van der Waals surface area contributed by atoms with Crippen molar-refractivity contribution < 1.29 is 14.3 Å². The Morgan fingerprint density at radius 3 is 2.62 bits per heavy atom. The number of likely N-dealkylation sites (tertiary alicyclic amines) is 1. The zero-order chi connectivity index (χ0) is 22.7. The van der Waals surface area contributed by atoms with Crippen molar-refractivity contribution >= 4 is 23.1 Å². The maximum absolute atomic E-state index is 11.6. The number of carbonyl (C=O) groups excluding carboxylic acids is 1. The minimum atomic E-state index is -0.0871. The second kappa shape index (κ2) is 10.1. The van der Waals surface area contributed by atoms with Gasteiger partial charge in [-0.05, 0) is 78.6 Å². The largest absolute Gasteiger partial charge is 0.493 e. The molecule has 2 aromatic carbocycles. The van der Waals surface area contributed by atoms with Crippen molar-refractivity contribution in [2.45, 2.75) is 33.1 Å². The van der Waals surface area contributed by atoms with Crippen LogP contribution in [0.2, 0.25) is 5.02 Å². The minimum Gasteiger partial charge on any atom is -0.493 e. The standard InChI is InChI=1S/C27H32ClNO3/c1-18(12-20-4-8-24(28)9-5-20)17-32-25-10-11-26-19(2)22(7-6-21(26)13-25)14-29-15-23(16-29)27(30)31-3/h4-5,8-11,13,18,23H,6-7,12,14-17H2,1-3H3/t18-/m0/s1. The molecule has 170 valence electrons. The summed E-state index contributed by atoms with van der Waals surface area (Å²) in [5.41, 5.74) is 6.83. The molecule has 2 aromatic rings. The van der Waals surface area contributed by atoms with E-state index in [1.807, 2.05) is 12.1 Å². The smallest absolute Gasteiger partial charge is 0.311 e. The van der Waals surface area contributed by atoms with Crippen LogP contribution in [-0.2, 0) is 22.4 Å². The summed E-state index contributed by atoms with van der Waals surface area (Å²) in [6.45, 7) is 7.68. The Kier molecular flexibility index (Phi) is 7.22. The Labute approximate surface area is 196 Å². The van der Waals surface area contributed by atoms with Crippen LogP contribution in [0.25, 0.3) is 5.57 Å². The van der Waals surface area contributed by atoms with Gasteiger partial charge in [0, 0.05) is 24.7 Å². The van der Waals surface area contributed by atoms with E-state index in [-0.39, 0.29) is 11.9 Å². The summed E-state index contributed by atoms with van der Waals surface area (Å²) in [6.07, 6.45) is 3.07. The molecule has 2 aliphatic rings. The molecule has 1 fully saturated rings. The van der Waals surface area contributed by atoms with Gasteiger partial charge in [0.2, 0.25) is 0 Å². The zero-order valence-corrected chi connectivity index (χ0v) is 20.0. The molecular formula is C27H32ClNO3. The van der Waals surface area contributed by atoms with Crippen LogP contribution in [0.15, 0.2) is 48.0 Å². The van der Waals surface area contributed by atoms with Crippen molar-refractivity contribution in [3.05, 3.63) is 69.8 Å². The van der Waals surface area contributed by atoms with Crippen LogP contribution >= 0.6 is 11.6 Å². The lowest BCUT2D eigenvalue weighted by molar-refractivity contribution is -0.151. The van der Waals surface area contributed by atoms with E-state index in [4.69, 9.17) is 21.1 Å². The monoisotopic (exact) mass is 453 g/mol. The SMILES string of the molecule is COC(=O)C1CN(CC2=C(C)c3ccc(OC[C@@H](C)Cc4ccc(Cl)cc4)cc3CC2)C1. The first-order valence-electron chi connectivity index (χ1n) is 11.4. The molecule has 0 radical (unpaired) electrons. The number of methoxy groups -OCH3 is 1. The van der Waals surface area contributed by atoms with Gasteiger partial charge in [-0.2, -0.15) is 0 Å². The summed E-state index contributed by atoms with van der Waals surface area (Å²) in [4.78, 5) is 14.0. The molecule has 5 heteroatoms. The van der Waals surface area contributed by atoms with Gasteiger partial charge >= 0.3 is 5.97 Å². The van der Waals surface area contributed by atoms with E-state index in [9.17, 15) is 4.79 Å². The van der Waals surface area contributed by atoms with Crippen molar-refractivity contribution in [2.75, 3.05) is 33.4 Å². The van der Waals surface area contributed by atoms with Crippen LogP contribution in [0.5, 0.6) is 5.75 Å². The fourth-order valence-electron chi connectivity index (χ4n) is 4.70. The highest BCUT2D eigenvalue weighted by Crippen LogP contribution is 2.34. The van der Waals surface area contributed by atoms with Gasteiger partial charge in [0.1, 0.15) is 5.75 Å². The van der Waals surface area contributed by atoms with E-state index in [0.717, 1.165) is 49.7 Å². The van der Waals surface area contributed by atoms with Crippen molar-refractivity contribution in [3.63, 3.8) is 0 Å². The van der Waals surface area contributed by atoms with Gasteiger partial charge < -0.3 is 9.47 Å². The molecule has 0 spiro atoms. The van der Waals surface area contributed by atoms with E-state index in [2.05, 4.69) is 49.1 Å². The number of ether oxygens (including phenoxy) is 2. The molecule has 4 nitrogen and oxygen atoms in total. The first kappa shape index (κ1) is 22.9. The Hall–Kier alpha value is -2.30. The molecule has 1 atom stereocenters. The van der Waals surface area contributed by atoms with E-state index >= 15 is 0 Å².